The van der Waals surface area contributed by atoms with Gasteiger partial charge in [-0.25, -0.2) is 19.9 Å². The average Bonchev–Trinajstić information content (AvgIpc) is 3.69. The van der Waals surface area contributed by atoms with Crippen molar-refractivity contribution in [3.05, 3.63) is 97.1 Å². The Balaban J connectivity index is 0.000000252. The van der Waals surface area contributed by atoms with Crippen LogP contribution in [0.15, 0.2) is 85.6 Å². The molecular weight excluding hydrogens is 556 g/mol. The molecule has 0 unspecified atom stereocenters. The molecule has 45 heavy (non-hydrogen) atoms. The van der Waals surface area contributed by atoms with Gasteiger partial charge in [-0.2, -0.15) is 0 Å². The van der Waals surface area contributed by atoms with E-state index in [-0.39, 0.29) is 0 Å². The number of nitrogen functional groups attached to an aromatic ring is 1. The Kier molecular flexibility index (Phi) is 9.21. The van der Waals surface area contributed by atoms with Gasteiger partial charge in [0.25, 0.3) is 0 Å². The second-order valence-electron chi connectivity index (χ2n) is 12.4. The molecule has 0 aliphatic heterocycles. The van der Waals surface area contributed by atoms with E-state index in [0.29, 0.717) is 17.7 Å². The quantitative estimate of drug-likeness (QED) is 0.174. The number of anilines is 1. The Morgan fingerprint density at radius 3 is 2.51 bits per heavy atom. The molecule has 1 saturated carbocycles. The van der Waals surface area contributed by atoms with E-state index in [1.165, 1.54) is 25.0 Å². The normalized spacial score (nSPS) is 16.2. The van der Waals surface area contributed by atoms with Gasteiger partial charge in [0.1, 0.15) is 22.9 Å². The van der Waals surface area contributed by atoms with E-state index in [1.807, 2.05) is 30.6 Å². The van der Waals surface area contributed by atoms with Crippen molar-refractivity contribution in [2.75, 3.05) is 18.8 Å². The number of hydrogen-bond donors (Lipinski definition) is 2. The molecule has 3 N–H and O–H groups in total. The highest BCUT2D eigenvalue weighted by Gasteiger charge is 2.35. The summed E-state index contributed by atoms with van der Waals surface area (Å²) in [5, 5.41) is 1.10. The predicted octanol–water partition coefficient (Wildman–Crippen LogP) is 7.98. The molecule has 2 aromatic carbocycles. The van der Waals surface area contributed by atoms with Crippen LogP contribution in [0.5, 0.6) is 0 Å². The monoisotopic (exact) mass is 600 g/mol. The van der Waals surface area contributed by atoms with E-state index in [0.717, 1.165) is 70.3 Å². The summed E-state index contributed by atoms with van der Waals surface area (Å²) in [7, 11) is 0. The highest BCUT2D eigenvalue weighted by molar-refractivity contribution is 5.91. The van der Waals surface area contributed by atoms with Gasteiger partial charge in [0.15, 0.2) is 0 Å². The van der Waals surface area contributed by atoms with Gasteiger partial charge in [-0.1, -0.05) is 76.2 Å². The van der Waals surface area contributed by atoms with Crippen molar-refractivity contribution in [1.82, 2.24) is 34.2 Å². The number of H-pyrrole nitrogens is 1. The second-order valence-corrected chi connectivity index (χ2v) is 12.4. The van der Waals surface area contributed by atoms with Gasteiger partial charge >= 0.3 is 0 Å². The zero-order valence-corrected chi connectivity index (χ0v) is 26.8. The second kappa shape index (κ2) is 13.6. The number of aromatic nitrogens is 6. The Labute approximate surface area is 265 Å². The Morgan fingerprint density at radius 2 is 1.80 bits per heavy atom. The van der Waals surface area contributed by atoms with Crippen LogP contribution in [-0.4, -0.2) is 47.3 Å². The van der Waals surface area contributed by atoms with Crippen LogP contribution in [0.4, 0.5) is 5.82 Å². The van der Waals surface area contributed by atoms with E-state index < -0.39 is 0 Å². The molecule has 0 bridgehead atoms. The summed E-state index contributed by atoms with van der Waals surface area (Å²) in [6, 6.07) is 20.8. The molecule has 1 fully saturated rings. The molecule has 0 saturated heterocycles. The standard InChI is InChI=1S/C28H27N5.C9H17N3/c1-17(2)21-14-22(15-21)28-32-25(26-27(29)30-12-13-33(26)28)20-9-8-19-10-11-23(31-24(19)16-20)18-6-4-3-5-7-18;1-3-5-12(4-2)7-9-6-10-8-11-9/h3-13,16-17,21-22H,14-15H2,1-2H3,(H2,29,30);6,8H,3-5,7H2,1-2H3,(H,10,11). The molecule has 8 heteroatoms. The maximum Gasteiger partial charge on any atom is 0.150 e. The summed E-state index contributed by atoms with van der Waals surface area (Å²) in [6.45, 7) is 12.3. The smallest absolute Gasteiger partial charge is 0.150 e. The highest BCUT2D eigenvalue weighted by atomic mass is 15.1. The molecule has 4 heterocycles. The van der Waals surface area contributed by atoms with E-state index in [2.05, 4.69) is 94.4 Å². The van der Waals surface area contributed by atoms with Crippen LogP contribution in [0.1, 0.15) is 64.4 Å². The van der Waals surface area contributed by atoms with E-state index in [9.17, 15) is 0 Å². The molecule has 1 aliphatic rings. The van der Waals surface area contributed by atoms with Crippen LogP contribution in [-0.2, 0) is 6.54 Å². The first-order chi connectivity index (χ1) is 21.9. The van der Waals surface area contributed by atoms with Gasteiger partial charge in [-0.05, 0) is 56.3 Å². The largest absolute Gasteiger partial charge is 0.382 e. The molecule has 6 aromatic rings. The molecule has 0 amide bonds. The number of nitrogens with two attached hydrogens (primary N) is 1. The molecule has 0 atom stereocenters. The Hall–Kier alpha value is -4.56. The first kappa shape index (κ1) is 30.5. The third-order valence-electron chi connectivity index (χ3n) is 9.06. The lowest BCUT2D eigenvalue weighted by molar-refractivity contribution is 0.190. The van der Waals surface area contributed by atoms with Crippen molar-refractivity contribution in [2.24, 2.45) is 11.8 Å². The van der Waals surface area contributed by atoms with Gasteiger partial charge in [0.2, 0.25) is 0 Å². The lowest BCUT2D eigenvalue weighted by atomic mass is 9.69. The fourth-order valence-corrected chi connectivity index (χ4v) is 6.30. The van der Waals surface area contributed by atoms with Gasteiger partial charge in [-0.3, -0.25) is 9.30 Å². The molecular formula is C37H44N8. The number of aromatic amines is 1. The molecule has 1 aliphatic carbocycles. The van der Waals surface area contributed by atoms with E-state index in [1.54, 1.807) is 12.5 Å². The minimum absolute atomic E-state index is 0.462. The van der Waals surface area contributed by atoms with Gasteiger partial charge < -0.3 is 10.7 Å². The predicted molar refractivity (Wildman–Crippen MR) is 184 cm³/mol. The molecule has 7 rings (SSSR count). The Morgan fingerprint density at radius 1 is 1.00 bits per heavy atom. The minimum atomic E-state index is 0.462. The molecule has 0 radical (unpaired) electrons. The number of fused-ring (bicyclic) bond motifs is 2. The summed E-state index contributed by atoms with van der Waals surface area (Å²) >= 11 is 0. The maximum absolute atomic E-state index is 6.37. The number of imidazole rings is 2. The van der Waals surface area contributed by atoms with Gasteiger partial charge in [-0.15, -0.1) is 0 Å². The van der Waals surface area contributed by atoms with Gasteiger partial charge in [0, 0.05) is 53.3 Å². The minimum Gasteiger partial charge on any atom is -0.382 e. The molecule has 0 spiro atoms. The Bertz CT molecular complexity index is 1840. The lowest BCUT2D eigenvalue weighted by Gasteiger charge is -2.37. The highest BCUT2D eigenvalue weighted by Crippen LogP contribution is 2.46. The SMILES string of the molecule is CC(C)C1CC(c2nc(-c3ccc4ccc(-c5ccccc5)nc4c3)c3c(N)nccn23)C1.CCCN(CC)Cc1cnc[nH]1. The number of benzene rings is 2. The van der Waals surface area contributed by atoms with E-state index >= 15 is 0 Å². The van der Waals surface area contributed by atoms with Crippen molar-refractivity contribution < 1.29 is 0 Å². The summed E-state index contributed by atoms with van der Waals surface area (Å²) in [4.78, 5) is 24.0. The molecule has 8 nitrogen and oxygen atoms in total. The van der Waals surface area contributed by atoms with Crippen LogP contribution >= 0.6 is 0 Å². The molecule has 232 valence electrons. The number of nitrogens with one attached hydrogen (secondary N) is 1. The van der Waals surface area contributed by atoms with Crippen LogP contribution in [0.3, 0.4) is 0 Å². The summed E-state index contributed by atoms with van der Waals surface area (Å²) in [5.74, 6) is 3.55. The van der Waals surface area contributed by atoms with Crippen LogP contribution in [0.25, 0.3) is 38.9 Å². The van der Waals surface area contributed by atoms with E-state index in [4.69, 9.17) is 15.7 Å². The fraction of sp³-hybridized carbons (Fsp3) is 0.351. The van der Waals surface area contributed by atoms with Crippen molar-refractivity contribution in [3.8, 4) is 22.5 Å². The number of nitrogens with zero attached hydrogens (tertiary/aromatic N) is 6. The van der Waals surface area contributed by atoms with Gasteiger partial charge in [0.05, 0.1) is 17.5 Å². The number of rotatable bonds is 9. The van der Waals surface area contributed by atoms with Crippen LogP contribution < -0.4 is 5.73 Å². The van der Waals surface area contributed by atoms with Crippen LogP contribution in [0, 0.1) is 11.8 Å². The number of hydrogen-bond acceptors (Lipinski definition) is 6. The molecule has 4 aromatic heterocycles. The van der Waals surface area contributed by atoms with Crippen molar-refractivity contribution >= 4 is 22.2 Å². The fourth-order valence-electron chi connectivity index (χ4n) is 6.30. The zero-order valence-electron chi connectivity index (χ0n) is 26.8. The average molecular weight is 601 g/mol. The summed E-state index contributed by atoms with van der Waals surface area (Å²) in [5.41, 5.74) is 13.4. The summed E-state index contributed by atoms with van der Waals surface area (Å²) < 4.78 is 2.15. The van der Waals surface area contributed by atoms with Crippen molar-refractivity contribution in [3.63, 3.8) is 0 Å². The maximum atomic E-state index is 6.37. The third kappa shape index (κ3) is 6.61. The van der Waals surface area contributed by atoms with Crippen molar-refractivity contribution in [2.45, 2.75) is 59.4 Å². The lowest BCUT2D eigenvalue weighted by Crippen LogP contribution is -2.27. The van der Waals surface area contributed by atoms with Crippen LogP contribution in [0.2, 0.25) is 0 Å². The summed E-state index contributed by atoms with van der Waals surface area (Å²) in [6.07, 6.45) is 10.9. The zero-order chi connectivity index (χ0) is 31.3. The first-order valence-electron chi connectivity index (χ1n) is 16.2. The number of pyridine rings is 1. The third-order valence-corrected chi connectivity index (χ3v) is 9.06. The topological polar surface area (TPSA) is 101 Å². The first-order valence-corrected chi connectivity index (χ1v) is 16.2. The van der Waals surface area contributed by atoms with Crippen molar-refractivity contribution in [1.29, 1.82) is 0 Å².